The van der Waals surface area contributed by atoms with Crippen molar-refractivity contribution in [1.29, 1.82) is 0 Å². The zero-order chi connectivity index (χ0) is 19.1. The molecule has 0 saturated heterocycles. The van der Waals surface area contributed by atoms with Gasteiger partial charge in [-0.25, -0.2) is 9.18 Å². The van der Waals surface area contributed by atoms with Gasteiger partial charge in [0.1, 0.15) is 5.82 Å². The van der Waals surface area contributed by atoms with E-state index in [-0.39, 0.29) is 17.2 Å². The molecule has 136 valence electrons. The van der Waals surface area contributed by atoms with Crippen LogP contribution in [0.3, 0.4) is 0 Å². The minimum Gasteiger partial charge on any atom is -0.449 e. The Hall–Kier alpha value is -3.22. The maximum absolute atomic E-state index is 13.5. The van der Waals surface area contributed by atoms with Crippen LogP contribution >= 0.6 is 0 Å². The van der Waals surface area contributed by atoms with Crippen molar-refractivity contribution in [2.75, 3.05) is 5.32 Å². The summed E-state index contributed by atoms with van der Waals surface area (Å²) in [6.07, 6.45) is -1.10. The Morgan fingerprint density at radius 2 is 1.73 bits per heavy atom. The van der Waals surface area contributed by atoms with Gasteiger partial charge >= 0.3 is 5.97 Å². The van der Waals surface area contributed by atoms with E-state index in [1.807, 2.05) is 0 Å². The SMILES string of the molecule is CC(=O)NCc1ccc(C(=O)OC(C)C(=O)Nc2ccccc2F)cc1. The van der Waals surface area contributed by atoms with E-state index in [1.54, 1.807) is 30.3 Å². The Balaban J connectivity index is 1.92. The molecular formula is C19H19FN2O4. The van der Waals surface area contributed by atoms with Gasteiger partial charge in [0, 0.05) is 13.5 Å². The van der Waals surface area contributed by atoms with Crippen molar-refractivity contribution in [3.05, 3.63) is 65.5 Å². The Bertz CT molecular complexity index is 805. The number of ether oxygens (including phenoxy) is 1. The first-order valence-corrected chi connectivity index (χ1v) is 7.96. The summed E-state index contributed by atoms with van der Waals surface area (Å²) in [5, 5.41) is 5.02. The molecule has 0 aliphatic carbocycles. The number of esters is 1. The van der Waals surface area contributed by atoms with Crippen LogP contribution in [0.5, 0.6) is 0 Å². The van der Waals surface area contributed by atoms with Crippen molar-refractivity contribution >= 4 is 23.5 Å². The lowest BCUT2D eigenvalue weighted by molar-refractivity contribution is -0.123. The number of amides is 2. The van der Waals surface area contributed by atoms with Crippen molar-refractivity contribution in [1.82, 2.24) is 5.32 Å². The smallest absolute Gasteiger partial charge is 0.338 e. The van der Waals surface area contributed by atoms with Crippen LogP contribution < -0.4 is 10.6 Å². The van der Waals surface area contributed by atoms with E-state index >= 15 is 0 Å². The third-order valence-corrected chi connectivity index (χ3v) is 3.52. The molecule has 0 aliphatic rings. The molecular weight excluding hydrogens is 339 g/mol. The number of nitrogens with one attached hydrogen (secondary N) is 2. The normalized spacial score (nSPS) is 11.3. The number of anilines is 1. The van der Waals surface area contributed by atoms with Gasteiger partial charge in [0.05, 0.1) is 11.3 Å². The molecule has 0 fully saturated rings. The zero-order valence-electron chi connectivity index (χ0n) is 14.4. The summed E-state index contributed by atoms with van der Waals surface area (Å²) in [7, 11) is 0. The van der Waals surface area contributed by atoms with Crippen molar-refractivity contribution in [3.63, 3.8) is 0 Å². The number of carbonyl (C=O) groups is 3. The average Bonchev–Trinajstić information content (AvgIpc) is 2.62. The summed E-state index contributed by atoms with van der Waals surface area (Å²) in [5.74, 6) is -2.03. The number of rotatable bonds is 6. The van der Waals surface area contributed by atoms with Gasteiger partial charge in [-0.1, -0.05) is 24.3 Å². The highest BCUT2D eigenvalue weighted by Gasteiger charge is 2.20. The summed E-state index contributed by atoms with van der Waals surface area (Å²) >= 11 is 0. The predicted octanol–water partition coefficient (Wildman–Crippen LogP) is 2.65. The summed E-state index contributed by atoms with van der Waals surface area (Å²) in [6, 6.07) is 12.2. The number of hydrogen-bond donors (Lipinski definition) is 2. The van der Waals surface area contributed by atoms with E-state index in [0.717, 1.165) is 5.56 Å². The number of halogens is 1. The molecule has 0 aromatic heterocycles. The fourth-order valence-corrected chi connectivity index (χ4v) is 2.06. The van der Waals surface area contributed by atoms with E-state index in [4.69, 9.17) is 4.74 Å². The van der Waals surface area contributed by atoms with Crippen molar-refractivity contribution in [2.45, 2.75) is 26.5 Å². The largest absolute Gasteiger partial charge is 0.449 e. The first kappa shape index (κ1) is 19.1. The summed E-state index contributed by atoms with van der Waals surface area (Å²) in [4.78, 5) is 35.0. The molecule has 6 nitrogen and oxygen atoms in total. The van der Waals surface area contributed by atoms with Crippen molar-refractivity contribution in [2.24, 2.45) is 0 Å². The van der Waals surface area contributed by atoms with Crippen LogP contribution in [0.1, 0.15) is 29.8 Å². The van der Waals surface area contributed by atoms with E-state index in [0.29, 0.717) is 6.54 Å². The standard InChI is InChI=1S/C19H19FN2O4/c1-12(18(24)22-17-6-4-3-5-16(17)20)26-19(25)15-9-7-14(8-10-15)11-21-13(2)23/h3-10,12H,11H2,1-2H3,(H,21,23)(H,22,24). The lowest BCUT2D eigenvalue weighted by atomic mass is 10.1. The molecule has 2 rings (SSSR count). The monoisotopic (exact) mass is 358 g/mol. The first-order chi connectivity index (χ1) is 12.4. The molecule has 0 aliphatic heterocycles. The van der Waals surface area contributed by atoms with Crippen LogP contribution in [-0.2, 0) is 20.9 Å². The van der Waals surface area contributed by atoms with Gasteiger partial charge in [-0.15, -0.1) is 0 Å². The minimum absolute atomic E-state index is 0.0164. The van der Waals surface area contributed by atoms with Crippen LogP contribution in [0, 0.1) is 5.82 Å². The zero-order valence-corrected chi connectivity index (χ0v) is 14.4. The highest BCUT2D eigenvalue weighted by atomic mass is 19.1. The fraction of sp³-hybridized carbons (Fsp3) is 0.211. The Kier molecular flexibility index (Phi) is 6.43. The van der Waals surface area contributed by atoms with E-state index < -0.39 is 23.8 Å². The van der Waals surface area contributed by atoms with Gasteiger partial charge < -0.3 is 15.4 Å². The van der Waals surface area contributed by atoms with E-state index in [9.17, 15) is 18.8 Å². The van der Waals surface area contributed by atoms with Gasteiger partial charge in [-0.2, -0.15) is 0 Å². The molecule has 0 bridgehead atoms. The first-order valence-electron chi connectivity index (χ1n) is 7.96. The number of para-hydroxylation sites is 1. The van der Waals surface area contributed by atoms with Crippen LogP contribution in [0.15, 0.2) is 48.5 Å². The number of benzene rings is 2. The third kappa shape index (κ3) is 5.41. The molecule has 1 unspecified atom stereocenters. The van der Waals surface area contributed by atoms with Crippen molar-refractivity contribution < 1.29 is 23.5 Å². The number of carbonyl (C=O) groups excluding carboxylic acids is 3. The lowest BCUT2D eigenvalue weighted by Crippen LogP contribution is -2.30. The highest BCUT2D eigenvalue weighted by Crippen LogP contribution is 2.14. The van der Waals surface area contributed by atoms with Crippen LogP contribution in [0.4, 0.5) is 10.1 Å². The molecule has 0 radical (unpaired) electrons. The molecule has 2 aromatic rings. The van der Waals surface area contributed by atoms with Crippen molar-refractivity contribution in [3.8, 4) is 0 Å². The molecule has 1 atom stereocenters. The maximum atomic E-state index is 13.5. The van der Waals surface area contributed by atoms with Gasteiger partial charge in [0.25, 0.3) is 5.91 Å². The van der Waals surface area contributed by atoms with Gasteiger partial charge in [0.2, 0.25) is 5.91 Å². The molecule has 0 saturated carbocycles. The molecule has 0 heterocycles. The lowest BCUT2D eigenvalue weighted by Gasteiger charge is -2.14. The van der Waals surface area contributed by atoms with Crippen LogP contribution in [0.2, 0.25) is 0 Å². The quantitative estimate of drug-likeness (QED) is 0.778. The van der Waals surface area contributed by atoms with Gasteiger partial charge in [-0.3, -0.25) is 9.59 Å². The average molecular weight is 358 g/mol. The maximum Gasteiger partial charge on any atom is 0.338 e. The van der Waals surface area contributed by atoms with Crippen LogP contribution in [0.25, 0.3) is 0 Å². The molecule has 0 spiro atoms. The van der Waals surface area contributed by atoms with E-state index in [2.05, 4.69) is 10.6 Å². The Morgan fingerprint density at radius 1 is 1.08 bits per heavy atom. The highest BCUT2D eigenvalue weighted by molar-refractivity contribution is 5.97. The molecule has 2 N–H and O–H groups in total. The second-order valence-electron chi connectivity index (χ2n) is 5.62. The molecule has 7 heteroatoms. The van der Waals surface area contributed by atoms with Crippen LogP contribution in [-0.4, -0.2) is 23.9 Å². The van der Waals surface area contributed by atoms with Gasteiger partial charge in [0.15, 0.2) is 6.10 Å². The fourth-order valence-electron chi connectivity index (χ4n) is 2.06. The summed E-state index contributed by atoms with van der Waals surface area (Å²) < 4.78 is 18.6. The molecule has 2 aromatic carbocycles. The number of hydrogen-bond acceptors (Lipinski definition) is 4. The molecule has 2 amide bonds. The Labute approximate surface area is 150 Å². The second kappa shape index (κ2) is 8.75. The summed E-state index contributed by atoms with van der Waals surface area (Å²) in [5.41, 5.74) is 1.10. The van der Waals surface area contributed by atoms with Gasteiger partial charge in [-0.05, 0) is 36.8 Å². The predicted molar refractivity (Wildman–Crippen MR) is 93.9 cm³/mol. The second-order valence-corrected chi connectivity index (χ2v) is 5.62. The minimum atomic E-state index is -1.10. The third-order valence-electron chi connectivity index (χ3n) is 3.52. The Morgan fingerprint density at radius 3 is 2.35 bits per heavy atom. The topological polar surface area (TPSA) is 84.5 Å². The summed E-state index contributed by atoms with van der Waals surface area (Å²) in [6.45, 7) is 3.17. The molecule has 26 heavy (non-hydrogen) atoms. The van der Waals surface area contributed by atoms with E-state index in [1.165, 1.54) is 32.0 Å².